The summed E-state index contributed by atoms with van der Waals surface area (Å²) in [6.45, 7) is 0.440. The Hall–Kier alpha value is -3.09. The van der Waals surface area contributed by atoms with Gasteiger partial charge < -0.3 is 19.9 Å². The quantitative estimate of drug-likeness (QED) is 0.667. The number of carbonyl (C=O) groups excluding carboxylic acids is 1. The highest BCUT2D eigenvalue weighted by Gasteiger charge is 2.09. The first-order valence-electron chi connectivity index (χ1n) is 8.51. The predicted octanol–water partition coefficient (Wildman–Crippen LogP) is 2.94. The van der Waals surface area contributed by atoms with Crippen LogP contribution >= 0.6 is 0 Å². The molecule has 0 aliphatic rings. The summed E-state index contributed by atoms with van der Waals surface area (Å²) in [5.41, 5.74) is 1.34. The van der Waals surface area contributed by atoms with Gasteiger partial charge in [0.05, 0.1) is 13.5 Å². The van der Waals surface area contributed by atoms with E-state index in [1.807, 2.05) is 6.07 Å². The summed E-state index contributed by atoms with van der Waals surface area (Å²) in [6, 6.07) is 11.8. The van der Waals surface area contributed by atoms with E-state index in [0.717, 1.165) is 5.56 Å². The highest BCUT2D eigenvalue weighted by molar-refractivity contribution is 5.80. The van der Waals surface area contributed by atoms with Crippen molar-refractivity contribution in [2.75, 3.05) is 13.7 Å². The predicted molar refractivity (Wildman–Crippen MR) is 97.3 cm³/mol. The molecule has 0 saturated carbocycles. The first-order valence-corrected chi connectivity index (χ1v) is 8.51. The van der Waals surface area contributed by atoms with E-state index in [4.69, 9.17) is 14.6 Å². The fourth-order valence-electron chi connectivity index (χ4n) is 2.42. The lowest BCUT2D eigenvalue weighted by molar-refractivity contribution is -0.138. The molecule has 6 nitrogen and oxygen atoms in total. The number of ether oxygens (including phenoxy) is 2. The molecule has 0 aromatic heterocycles. The molecule has 7 heteroatoms. The number of carbonyl (C=O) groups is 2. The maximum absolute atomic E-state index is 13.7. The summed E-state index contributed by atoms with van der Waals surface area (Å²) < 4.78 is 24.7. The number of benzene rings is 2. The highest BCUT2D eigenvalue weighted by Crippen LogP contribution is 2.29. The molecule has 0 atom stereocenters. The van der Waals surface area contributed by atoms with Gasteiger partial charge in [-0.25, -0.2) is 4.39 Å². The van der Waals surface area contributed by atoms with Crippen LogP contribution in [0.1, 0.15) is 24.0 Å². The molecule has 2 aromatic carbocycles. The van der Waals surface area contributed by atoms with Crippen LogP contribution in [0.2, 0.25) is 0 Å². The van der Waals surface area contributed by atoms with E-state index in [0.29, 0.717) is 30.0 Å². The van der Waals surface area contributed by atoms with Gasteiger partial charge >= 0.3 is 5.97 Å². The average molecular weight is 375 g/mol. The van der Waals surface area contributed by atoms with Crippen LogP contribution in [-0.2, 0) is 22.6 Å². The van der Waals surface area contributed by atoms with Gasteiger partial charge in [0.15, 0.2) is 11.5 Å². The first kappa shape index (κ1) is 20.2. The molecule has 0 bridgehead atoms. The molecule has 0 saturated heterocycles. The lowest BCUT2D eigenvalue weighted by Gasteiger charge is -2.13. The number of nitrogens with one attached hydrogen (secondary N) is 1. The van der Waals surface area contributed by atoms with Crippen molar-refractivity contribution in [2.45, 2.75) is 25.9 Å². The molecule has 0 aliphatic carbocycles. The zero-order valence-corrected chi connectivity index (χ0v) is 15.0. The lowest BCUT2D eigenvalue weighted by Crippen LogP contribution is -2.26. The number of rotatable bonds is 10. The lowest BCUT2D eigenvalue weighted by atomic mass is 10.1. The zero-order chi connectivity index (χ0) is 19.6. The molecule has 0 radical (unpaired) electrons. The van der Waals surface area contributed by atoms with Crippen molar-refractivity contribution in [2.24, 2.45) is 0 Å². The SMILES string of the molecule is COc1ccc(CCNC(=O)CCC(=O)O)cc1OCc1ccccc1F. The minimum absolute atomic E-state index is 0.0467. The van der Waals surface area contributed by atoms with Gasteiger partial charge in [0.25, 0.3) is 0 Å². The molecule has 0 unspecified atom stereocenters. The van der Waals surface area contributed by atoms with E-state index in [-0.39, 0.29) is 31.2 Å². The topological polar surface area (TPSA) is 84.9 Å². The molecule has 2 N–H and O–H groups in total. The molecule has 0 heterocycles. The van der Waals surface area contributed by atoms with Crippen molar-refractivity contribution in [1.29, 1.82) is 0 Å². The van der Waals surface area contributed by atoms with Crippen molar-refractivity contribution >= 4 is 11.9 Å². The molecular weight excluding hydrogens is 353 g/mol. The van der Waals surface area contributed by atoms with E-state index in [1.165, 1.54) is 13.2 Å². The third-order valence-corrected chi connectivity index (χ3v) is 3.87. The van der Waals surface area contributed by atoms with Gasteiger partial charge in [0.1, 0.15) is 12.4 Å². The van der Waals surface area contributed by atoms with Crippen molar-refractivity contribution in [3.63, 3.8) is 0 Å². The van der Waals surface area contributed by atoms with E-state index < -0.39 is 5.97 Å². The fourth-order valence-corrected chi connectivity index (χ4v) is 2.42. The van der Waals surface area contributed by atoms with Gasteiger partial charge in [-0.05, 0) is 30.2 Å². The van der Waals surface area contributed by atoms with E-state index in [2.05, 4.69) is 5.32 Å². The molecule has 2 rings (SSSR count). The van der Waals surface area contributed by atoms with Crippen LogP contribution in [0.5, 0.6) is 11.5 Å². The van der Waals surface area contributed by atoms with Crippen LogP contribution < -0.4 is 14.8 Å². The second-order valence-electron chi connectivity index (χ2n) is 5.86. The highest BCUT2D eigenvalue weighted by atomic mass is 19.1. The minimum Gasteiger partial charge on any atom is -0.493 e. The monoisotopic (exact) mass is 375 g/mol. The number of carboxylic acids is 1. The summed E-state index contributed by atoms with van der Waals surface area (Å²) in [5.74, 6) is -0.633. The van der Waals surface area contributed by atoms with Crippen molar-refractivity contribution in [1.82, 2.24) is 5.32 Å². The summed E-state index contributed by atoms with van der Waals surface area (Å²) in [4.78, 5) is 22.0. The van der Waals surface area contributed by atoms with Gasteiger partial charge in [-0.15, -0.1) is 0 Å². The molecule has 1 amide bonds. The van der Waals surface area contributed by atoms with Crippen molar-refractivity contribution in [3.05, 3.63) is 59.4 Å². The number of amides is 1. The van der Waals surface area contributed by atoms with Crippen LogP contribution in [-0.4, -0.2) is 30.6 Å². The Morgan fingerprint density at radius 3 is 2.59 bits per heavy atom. The number of aliphatic carboxylic acids is 1. The summed E-state index contributed by atoms with van der Waals surface area (Å²) in [6.07, 6.45) is 0.302. The zero-order valence-electron chi connectivity index (χ0n) is 15.0. The molecule has 0 spiro atoms. The Morgan fingerprint density at radius 2 is 1.89 bits per heavy atom. The Kier molecular flexibility index (Phi) is 7.61. The van der Waals surface area contributed by atoms with E-state index in [1.54, 1.807) is 30.3 Å². The molecule has 0 aliphatic heterocycles. The van der Waals surface area contributed by atoms with Crippen LogP contribution in [0.15, 0.2) is 42.5 Å². The largest absolute Gasteiger partial charge is 0.493 e. The number of carboxylic acid groups (broad SMARTS) is 1. The van der Waals surface area contributed by atoms with Crippen LogP contribution in [0.3, 0.4) is 0 Å². The Balaban J connectivity index is 1.93. The van der Waals surface area contributed by atoms with E-state index in [9.17, 15) is 14.0 Å². The minimum atomic E-state index is -1.00. The Morgan fingerprint density at radius 1 is 1.11 bits per heavy atom. The maximum atomic E-state index is 13.7. The Labute approximate surface area is 156 Å². The van der Waals surface area contributed by atoms with Gasteiger partial charge in [-0.1, -0.05) is 24.3 Å². The number of hydrogen-bond donors (Lipinski definition) is 2. The maximum Gasteiger partial charge on any atom is 0.303 e. The smallest absolute Gasteiger partial charge is 0.303 e. The summed E-state index contributed by atoms with van der Waals surface area (Å²) >= 11 is 0. The van der Waals surface area contributed by atoms with Gasteiger partial charge in [0, 0.05) is 18.5 Å². The number of methoxy groups -OCH3 is 1. The third kappa shape index (κ3) is 6.62. The van der Waals surface area contributed by atoms with Crippen LogP contribution in [0, 0.1) is 5.82 Å². The second kappa shape index (κ2) is 10.2. The summed E-state index contributed by atoms with van der Waals surface area (Å²) in [7, 11) is 1.52. The third-order valence-electron chi connectivity index (χ3n) is 3.87. The molecular formula is C20H22FNO5. The average Bonchev–Trinajstić information content (AvgIpc) is 2.66. The van der Waals surface area contributed by atoms with Gasteiger partial charge in [0.2, 0.25) is 5.91 Å². The molecule has 27 heavy (non-hydrogen) atoms. The van der Waals surface area contributed by atoms with Gasteiger partial charge in [-0.3, -0.25) is 9.59 Å². The standard InChI is InChI=1S/C20H22FNO5/c1-26-17-7-6-14(10-11-22-19(23)8-9-20(24)25)12-18(17)27-13-15-4-2-3-5-16(15)21/h2-7,12H,8-11,13H2,1H3,(H,22,23)(H,24,25). The van der Waals surface area contributed by atoms with Crippen molar-refractivity contribution in [3.8, 4) is 11.5 Å². The summed E-state index contributed by atoms with van der Waals surface area (Å²) in [5, 5.41) is 11.2. The molecule has 0 fully saturated rings. The van der Waals surface area contributed by atoms with Gasteiger partial charge in [-0.2, -0.15) is 0 Å². The van der Waals surface area contributed by atoms with Crippen LogP contribution in [0.4, 0.5) is 4.39 Å². The number of hydrogen-bond acceptors (Lipinski definition) is 4. The molecule has 2 aromatic rings. The van der Waals surface area contributed by atoms with Crippen molar-refractivity contribution < 1.29 is 28.6 Å². The normalized spacial score (nSPS) is 10.3. The number of halogens is 1. The van der Waals surface area contributed by atoms with Crippen LogP contribution in [0.25, 0.3) is 0 Å². The second-order valence-corrected chi connectivity index (χ2v) is 5.86. The molecule has 144 valence electrons. The Bertz CT molecular complexity index is 794. The first-order chi connectivity index (χ1) is 13.0. The fraction of sp³-hybridized carbons (Fsp3) is 0.300. The van der Waals surface area contributed by atoms with E-state index >= 15 is 0 Å².